The van der Waals surface area contributed by atoms with Gasteiger partial charge in [0.15, 0.2) is 0 Å². The number of hydrogen-bond donors (Lipinski definition) is 1. The summed E-state index contributed by atoms with van der Waals surface area (Å²) in [5, 5.41) is 2.84. The minimum Gasteiger partial charge on any atom is -0.367 e. The second kappa shape index (κ2) is 7.59. The first-order valence-electron chi connectivity index (χ1n) is 7.03. The molecule has 0 saturated carbocycles. The van der Waals surface area contributed by atoms with E-state index in [2.05, 4.69) is 10.3 Å². The van der Waals surface area contributed by atoms with Gasteiger partial charge in [-0.3, -0.25) is 4.79 Å². The van der Waals surface area contributed by atoms with E-state index in [0.717, 1.165) is 23.5 Å². The van der Waals surface area contributed by atoms with Crippen molar-refractivity contribution in [2.75, 3.05) is 13.2 Å². The number of rotatable bonds is 7. The van der Waals surface area contributed by atoms with Crippen LogP contribution in [0.15, 0.2) is 36.7 Å². The number of carbonyl (C=O) groups is 1. The first-order valence-corrected chi connectivity index (χ1v) is 7.03. The Bertz CT molecular complexity index is 578. The van der Waals surface area contributed by atoms with Crippen molar-refractivity contribution in [2.24, 2.45) is 0 Å². The Balaban J connectivity index is 1.63. The quantitative estimate of drug-likeness (QED) is 0.845. The van der Waals surface area contributed by atoms with Gasteiger partial charge in [0, 0.05) is 18.8 Å². The summed E-state index contributed by atoms with van der Waals surface area (Å²) in [5.74, 6) is -0.0968. The number of nitrogens with zero attached hydrogens (tertiary/aromatic N) is 2. The Morgan fingerprint density at radius 1 is 1.29 bits per heavy atom. The molecule has 5 heteroatoms. The third kappa shape index (κ3) is 4.72. The Morgan fingerprint density at radius 3 is 2.71 bits per heavy atom. The minimum absolute atomic E-state index is 0.0802. The van der Waals surface area contributed by atoms with Crippen molar-refractivity contribution in [1.82, 2.24) is 14.9 Å². The van der Waals surface area contributed by atoms with Crippen molar-refractivity contribution in [2.45, 2.75) is 27.0 Å². The van der Waals surface area contributed by atoms with Gasteiger partial charge in [-0.05, 0) is 19.4 Å². The molecule has 1 aromatic heterocycles. The van der Waals surface area contributed by atoms with Crippen LogP contribution >= 0.6 is 0 Å². The molecule has 1 aromatic carbocycles. The molecule has 2 aromatic rings. The van der Waals surface area contributed by atoms with Gasteiger partial charge >= 0.3 is 0 Å². The first kappa shape index (κ1) is 15.3. The van der Waals surface area contributed by atoms with E-state index in [1.165, 1.54) is 0 Å². The molecule has 0 aliphatic carbocycles. The molecule has 1 N–H and O–H groups in total. The van der Waals surface area contributed by atoms with Gasteiger partial charge in [-0.1, -0.05) is 30.3 Å². The zero-order valence-electron chi connectivity index (χ0n) is 12.5. The summed E-state index contributed by atoms with van der Waals surface area (Å²) in [5.41, 5.74) is 3.21. The molecule has 0 unspecified atom stereocenters. The lowest BCUT2D eigenvalue weighted by molar-refractivity contribution is -0.126. The highest BCUT2D eigenvalue weighted by Crippen LogP contribution is 2.03. The normalized spacial score (nSPS) is 10.6. The fraction of sp³-hybridized carbons (Fsp3) is 0.375. The number of amides is 1. The molecule has 0 radical (unpaired) electrons. The van der Waals surface area contributed by atoms with Crippen molar-refractivity contribution in [3.8, 4) is 0 Å². The molecule has 5 nitrogen and oxygen atoms in total. The molecule has 0 fully saturated rings. The van der Waals surface area contributed by atoms with Gasteiger partial charge in [0.1, 0.15) is 6.61 Å². The minimum atomic E-state index is -0.0968. The number of aromatic nitrogens is 2. The smallest absolute Gasteiger partial charge is 0.246 e. The molecule has 0 spiro atoms. The predicted molar refractivity (Wildman–Crippen MR) is 80.8 cm³/mol. The lowest BCUT2D eigenvalue weighted by Crippen LogP contribution is -2.30. The largest absolute Gasteiger partial charge is 0.367 e. The molecule has 0 aliphatic heterocycles. The van der Waals surface area contributed by atoms with Gasteiger partial charge in [-0.2, -0.15) is 0 Å². The highest BCUT2D eigenvalue weighted by Gasteiger charge is 2.04. The van der Waals surface area contributed by atoms with Crippen LogP contribution < -0.4 is 5.32 Å². The molecule has 1 amide bonds. The summed E-state index contributed by atoms with van der Waals surface area (Å²) < 4.78 is 7.41. The van der Waals surface area contributed by atoms with E-state index in [0.29, 0.717) is 13.2 Å². The molecule has 0 atom stereocenters. The topological polar surface area (TPSA) is 56.2 Å². The number of hydrogen-bond acceptors (Lipinski definition) is 3. The van der Waals surface area contributed by atoms with E-state index in [1.807, 2.05) is 48.7 Å². The van der Waals surface area contributed by atoms with Crippen LogP contribution in [-0.4, -0.2) is 28.6 Å². The van der Waals surface area contributed by atoms with Crippen molar-refractivity contribution < 1.29 is 9.53 Å². The Labute approximate surface area is 125 Å². The van der Waals surface area contributed by atoms with Gasteiger partial charge in [-0.15, -0.1) is 0 Å². The fourth-order valence-electron chi connectivity index (χ4n) is 1.97. The summed E-state index contributed by atoms with van der Waals surface area (Å²) in [7, 11) is 0. The Morgan fingerprint density at radius 2 is 2.05 bits per heavy atom. The molecule has 1 heterocycles. The molecule has 0 saturated heterocycles. The number of nitrogens with one attached hydrogen (secondary N) is 1. The monoisotopic (exact) mass is 287 g/mol. The highest BCUT2D eigenvalue weighted by molar-refractivity contribution is 5.77. The van der Waals surface area contributed by atoms with E-state index in [9.17, 15) is 4.79 Å². The van der Waals surface area contributed by atoms with Gasteiger partial charge in [0.25, 0.3) is 0 Å². The average molecular weight is 287 g/mol. The maximum absolute atomic E-state index is 11.7. The van der Waals surface area contributed by atoms with Crippen LogP contribution in [-0.2, 0) is 22.7 Å². The number of carbonyl (C=O) groups excluding carboxylic acids is 1. The standard InChI is InChI=1S/C16H21N3O2/c1-13-14(2)19(12-18-13)9-8-17-16(20)11-21-10-15-6-4-3-5-7-15/h3-7,12H,8-11H2,1-2H3,(H,17,20). The summed E-state index contributed by atoms with van der Waals surface area (Å²) >= 11 is 0. The van der Waals surface area contributed by atoms with Crippen LogP contribution in [0.1, 0.15) is 17.0 Å². The lowest BCUT2D eigenvalue weighted by Gasteiger charge is -2.08. The maximum atomic E-state index is 11.7. The third-order valence-electron chi connectivity index (χ3n) is 3.36. The van der Waals surface area contributed by atoms with E-state index in [1.54, 1.807) is 6.33 Å². The highest BCUT2D eigenvalue weighted by atomic mass is 16.5. The molecule has 21 heavy (non-hydrogen) atoms. The fourth-order valence-corrected chi connectivity index (χ4v) is 1.97. The molecule has 2 rings (SSSR count). The number of imidazole rings is 1. The van der Waals surface area contributed by atoms with E-state index >= 15 is 0 Å². The SMILES string of the molecule is Cc1ncn(CCNC(=O)COCc2ccccc2)c1C. The number of aryl methyl sites for hydroxylation is 1. The zero-order chi connectivity index (χ0) is 15.1. The third-order valence-corrected chi connectivity index (χ3v) is 3.36. The van der Waals surface area contributed by atoms with Gasteiger partial charge in [0.2, 0.25) is 5.91 Å². The van der Waals surface area contributed by atoms with Gasteiger partial charge in [-0.25, -0.2) is 4.98 Å². The maximum Gasteiger partial charge on any atom is 0.246 e. The molecule has 0 aliphatic rings. The molecular formula is C16H21N3O2. The van der Waals surface area contributed by atoms with Crippen LogP contribution in [0.3, 0.4) is 0 Å². The number of ether oxygens (including phenoxy) is 1. The second-order valence-electron chi connectivity index (χ2n) is 4.94. The van der Waals surface area contributed by atoms with Crippen molar-refractivity contribution >= 4 is 5.91 Å². The lowest BCUT2D eigenvalue weighted by atomic mass is 10.2. The van der Waals surface area contributed by atoms with Crippen molar-refractivity contribution in [1.29, 1.82) is 0 Å². The van der Waals surface area contributed by atoms with Crippen molar-refractivity contribution in [3.63, 3.8) is 0 Å². The van der Waals surface area contributed by atoms with Crippen LogP contribution in [0.25, 0.3) is 0 Å². The van der Waals surface area contributed by atoms with Gasteiger partial charge in [0.05, 0.1) is 18.6 Å². The van der Waals surface area contributed by atoms with Crippen LogP contribution in [0.5, 0.6) is 0 Å². The molecular weight excluding hydrogens is 266 g/mol. The summed E-state index contributed by atoms with van der Waals surface area (Å²) in [6, 6.07) is 9.81. The predicted octanol–water partition coefficient (Wildman–Crippen LogP) is 1.83. The van der Waals surface area contributed by atoms with Crippen molar-refractivity contribution in [3.05, 3.63) is 53.6 Å². The average Bonchev–Trinajstić information content (AvgIpc) is 2.80. The molecule has 112 valence electrons. The first-order chi connectivity index (χ1) is 10.2. The summed E-state index contributed by atoms with van der Waals surface area (Å²) in [6.07, 6.45) is 1.79. The van der Waals surface area contributed by atoms with E-state index < -0.39 is 0 Å². The van der Waals surface area contributed by atoms with Gasteiger partial charge < -0.3 is 14.6 Å². The number of benzene rings is 1. The Hall–Kier alpha value is -2.14. The second-order valence-corrected chi connectivity index (χ2v) is 4.94. The zero-order valence-corrected chi connectivity index (χ0v) is 12.5. The van der Waals surface area contributed by atoms with E-state index in [-0.39, 0.29) is 12.5 Å². The Kier molecular flexibility index (Phi) is 5.51. The summed E-state index contributed by atoms with van der Waals surface area (Å²) in [4.78, 5) is 15.9. The van der Waals surface area contributed by atoms with Crippen LogP contribution in [0, 0.1) is 13.8 Å². The van der Waals surface area contributed by atoms with Crippen LogP contribution in [0.4, 0.5) is 0 Å². The molecule has 0 bridgehead atoms. The van der Waals surface area contributed by atoms with Crippen LogP contribution in [0.2, 0.25) is 0 Å². The van der Waals surface area contributed by atoms with E-state index in [4.69, 9.17) is 4.74 Å². The summed E-state index contributed by atoms with van der Waals surface area (Å²) in [6.45, 7) is 5.82.